The second-order valence-electron chi connectivity index (χ2n) is 4.97. The van der Waals surface area contributed by atoms with E-state index in [4.69, 9.17) is 10.5 Å². The van der Waals surface area contributed by atoms with Crippen LogP contribution in [0.4, 0.5) is 0 Å². The van der Waals surface area contributed by atoms with Crippen molar-refractivity contribution < 1.29 is 4.74 Å². The van der Waals surface area contributed by atoms with Crippen molar-refractivity contribution in [1.29, 1.82) is 0 Å². The Morgan fingerprint density at radius 1 is 1.30 bits per heavy atom. The molecule has 1 aromatic carbocycles. The van der Waals surface area contributed by atoms with Crippen LogP contribution in [0.15, 0.2) is 30.5 Å². The number of nitrogens with two attached hydrogens (primary N) is 1. The van der Waals surface area contributed by atoms with Crippen molar-refractivity contribution in [3.8, 4) is 5.75 Å². The summed E-state index contributed by atoms with van der Waals surface area (Å²) >= 11 is 0. The Bertz CT molecular complexity index is 521. The van der Waals surface area contributed by atoms with E-state index in [9.17, 15) is 0 Å². The molecule has 1 unspecified atom stereocenters. The van der Waals surface area contributed by atoms with Gasteiger partial charge in [0.15, 0.2) is 0 Å². The lowest BCUT2D eigenvalue weighted by atomic mass is 10.0. The van der Waals surface area contributed by atoms with E-state index < -0.39 is 0 Å². The Hall–Kier alpha value is -1.88. The van der Waals surface area contributed by atoms with Gasteiger partial charge in [0.1, 0.15) is 5.75 Å². The molecule has 0 aliphatic heterocycles. The molecule has 0 aliphatic carbocycles. The molecule has 0 saturated carbocycles. The van der Waals surface area contributed by atoms with Gasteiger partial charge >= 0.3 is 0 Å². The smallest absolute Gasteiger partial charge is 0.119 e. The van der Waals surface area contributed by atoms with Crippen molar-refractivity contribution in [2.75, 3.05) is 6.61 Å². The van der Waals surface area contributed by atoms with Gasteiger partial charge in [0.25, 0.3) is 0 Å². The monoisotopic (exact) mass is 274 g/mol. The largest absolute Gasteiger partial charge is 0.494 e. The standard InChI is InChI=1S/C15H22N4O/c1-3-4-9-20-14-7-5-12(6-8-14)15(16)10-13-11-19(2)18-17-13/h5-8,11,15H,3-4,9-10,16H2,1-2H3. The molecule has 2 rings (SSSR count). The van der Waals surface area contributed by atoms with Crippen LogP contribution < -0.4 is 10.5 Å². The molecule has 108 valence electrons. The summed E-state index contributed by atoms with van der Waals surface area (Å²) in [5.41, 5.74) is 8.18. The molecule has 0 radical (unpaired) electrons. The highest BCUT2D eigenvalue weighted by molar-refractivity contribution is 5.29. The van der Waals surface area contributed by atoms with E-state index in [-0.39, 0.29) is 6.04 Å². The predicted molar refractivity (Wildman–Crippen MR) is 78.5 cm³/mol. The number of unbranched alkanes of at least 4 members (excludes halogenated alkanes) is 1. The average molecular weight is 274 g/mol. The zero-order valence-electron chi connectivity index (χ0n) is 12.1. The van der Waals surface area contributed by atoms with Gasteiger partial charge in [0.05, 0.1) is 12.3 Å². The fourth-order valence-electron chi connectivity index (χ4n) is 1.98. The first-order chi connectivity index (χ1) is 9.69. The summed E-state index contributed by atoms with van der Waals surface area (Å²) in [5, 5.41) is 7.97. The van der Waals surface area contributed by atoms with Gasteiger partial charge in [-0.3, -0.25) is 4.68 Å². The van der Waals surface area contributed by atoms with E-state index in [1.807, 2.05) is 37.5 Å². The summed E-state index contributed by atoms with van der Waals surface area (Å²) in [6.45, 7) is 2.92. The third-order valence-electron chi connectivity index (χ3n) is 3.15. The lowest BCUT2D eigenvalue weighted by Gasteiger charge is -2.11. The van der Waals surface area contributed by atoms with Gasteiger partial charge in [-0.2, -0.15) is 0 Å². The Morgan fingerprint density at radius 3 is 2.65 bits per heavy atom. The number of aryl methyl sites for hydroxylation is 1. The van der Waals surface area contributed by atoms with Gasteiger partial charge < -0.3 is 10.5 Å². The minimum absolute atomic E-state index is 0.0728. The van der Waals surface area contributed by atoms with Crippen molar-refractivity contribution in [2.24, 2.45) is 12.8 Å². The first-order valence-electron chi connectivity index (χ1n) is 7.02. The third-order valence-corrected chi connectivity index (χ3v) is 3.15. The molecular formula is C15H22N4O. The van der Waals surface area contributed by atoms with Crippen LogP contribution in [-0.4, -0.2) is 21.6 Å². The van der Waals surface area contributed by atoms with Crippen LogP contribution in [0, 0.1) is 0 Å². The molecule has 0 fully saturated rings. The zero-order valence-corrected chi connectivity index (χ0v) is 12.1. The third kappa shape index (κ3) is 4.06. The zero-order chi connectivity index (χ0) is 14.4. The van der Waals surface area contributed by atoms with E-state index in [2.05, 4.69) is 17.2 Å². The minimum atomic E-state index is -0.0728. The summed E-state index contributed by atoms with van der Waals surface area (Å²) < 4.78 is 7.32. The molecule has 1 aromatic heterocycles. The Balaban J connectivity index is 1.91. The minimum Gasteiger partial charge on any atom is -0.494 e. The highest BCUT2D eigenvalue weighted by Crippen LogP contribution is 2.19. The molecule has 0 amide bonds. The second-order valence-corrected chi connectivity index (χ2v) is 4.97. The highest BCUT2D eigenvalue weighted by atomic mass is 16.5. The molecule has 0 bridgehead atoms. The Labute approximate surface area is 119 Å². The number of nitrogens with zero attached hydrogens (tertiary/aromatic N) is 3. The van der Waals surface area contributed by atoms with Crippen LogP contribution in [0.5, 0.6) is 5.75 Å². The quantitative estimate of drug-likeness (QED) is 0.786. The van der Waals surface area contributed by atoms with Crippen LogP contribution in [0.2, 0.25) is 0 Å². The van der Waals surface area contributed by atoms with Gasteiger partial charge in [-0.25, -0.2) is 0 Å². The summed E-state index contributed by atoms with van der Waals surface area (Å²) in [5.74, 6) is 0.897. The number of rotatable bonds is 7. The van der Waals surface area contributed by atoms with Crippen molar-refractivity contribution >= 4 is 0 Å². The first kappa shape index (κ1) is 14.5. The predicted octanol–water partition coefficient (Wildman–Crippen LogP) is 2.24. The van der Waals surface area contributed by atoms with Gasteiger partial charge in [0.2, 0.25) is 0 Å². The Kier molecular flexibility index (Phi) is 5.12. The van der Waals surface area contributed by atoms with Crippen LogP contribution in [0.1, 0.15) is 37.1 Å². The van der Waals surface area contributed by atoms with Gasteiger partial charge in [0, 0.05) is 25.7 Å². The lowest BCUT2D eigenvalue weighted by molar-refractivity contribution is 0.309. The molecule has 2 aromatic rings. The number of benzene rings is 1. The molecule has 0 spiro atoms. The molecular weight excluding hydrogens is 252 g/mol. The number of hydrogen-bond acceptors (Lipinski definition) is 4. The van der Waals surface area contributed by atoms with E-state index in [0.717, 1.165) is 36.5 Å². The normalized spacial score (nSPS) is 12.3. The molecule has 2 N–H and O–H groups in total. The second kappa shape index (κ2) is 7.05. The molecule has 0 aliphatic rings. The summed E-state index contributed by atoms with van der Waals surface area (Å²) in [7, 11) is 1.85. The van der Waals surface area contributed by atoms with Crippen LogP contribution in [0.25, 0.3) is 0 Å². The maximum absolute atomic E-state index is 6.19. The highest BCUT2D eigenvalue weighted by Gasteiger charge is 2.09. The summed E-state index contributed by atoms with van der Waals surface area (Å²) in [6, 6.07) is 7.91. The number of aromatic nitrogens is 3. The molecule has 1 heterocycles. The molecule has 1 atom stereocenters. The van der Waals surface area contributed by atoms with Crippen molar-refractivity contribution in [1.82, 2.24) is 15.0 Å². The fourth-order valence-corrected chi connectivity index (χ4v) is 1.98. The van der Waals surface area contributed by atoms with E-state index in [0.29, 0.717) is 6.42 Å². The number of ether oxygens (including phenoxy) is 1. The van der Waals surface area contributed by atoms with Crippen molar-refractivity contribution in [2.45, 2.75) is 32.2 Å². The first-order valence-corrected chi connectivity index (χ1v) is 7.02. The fraction of sp³-hybridized carbons (Fsp3) is 0.467. The molecule has 20 heavy (non-hydrogen) atoms. The average Bonchev–Trinajstić information content (AvgIpc) is 2.85. The molecule has 5 nitrogen and oxygen atoms in total. The van der Waals surface area contributed by atoms with E-state index in [1.54, 1.807) is 4.68 Å². The topological polar surface area (TPSA) is 66.0 Å². The van der Waals surface area contributed by atoms with Crippen molar-refractivity contribution in [3.05, 3.63) is 41.7 Å². The summed E-state index contributed by atoms with van der Waals surface area (Å²) in [4.78, 5) is 0. The number of hydrogen-bond donors (Lipinski definition) is 1. The van der Waals surface area contributed by atoms with Crippen LogP contribution in [0.3, 0.4) is 0 Å². The van der Waals surface area contributed by atoms with Crippen LogP contribution >= 0.6 is 0 Å². The molecule has 5 heteroatoms. The maximum Gasteiger partial charge on any atom is 0.119 e. The van der Waals surface area contributed by atoms with Crippen molar-refractivity contribution in [3.63, 3.8) is 0 Å². The van der Waals surface area contributed by atoms with Crippen LogP contribution in [-0.2, 0) is 13.5 Å². The van der Waals surface area contributed by atoms with Gasteiger partial charge in [-0.15, -0.1) is 5.10 Å². The SMILES string of the molecule is CCCCOc1ccc(C(N)Cc2cn(C)nn2)cc1. The van der Waals surface area contributed by atoms with E-state index in [1.165, 1.54) is 0 Å². The van der Waals surface area contributed by atoms with E-state index >= 15 is 0 Å². The molecule has 0 saturated heterocycles. The Morgan fingerprint density at radius 2 is 2.05 bits per heavy atom. The lowest BCUT2D eigenvalue weighted by Crippen LogP contribution is -2.13. The van der Waals surface area contributed by atoms with Gasteiger partial charge in [-0.1, -0.05) is 30.7 Å². The summed E-state index contributed by atoms with van der Waals surface area (Å²) in [6.07, 6.45) is 4.79. The maximum atomic E-state index is 6.19. The van der Waals surface area contributed by atoms with Gasteiger partial charge in [-0.05, 0) is 24.1 Å².